The van der Waals surface area contributed by atoms with Crippen LogP contribution < -0.4 is 10.6 Å². The van der Waals surface area contributed by atoms with Gasteiger partial charge in [0.2, 0.25) is 11.8 Å². The zero-order valence-corrected chi connectivity index (χ0v) is 33.4. The Morgan fingerprint density at radius 2 is 1.67 bits per heavy atom. The molecule has 11 atom stereocenters. The van der Waals surface area contributed by atoms with Gasteiger partial charge in [-0.3, -0.25) is 19.2 Å². The number of fused-ring (bicyclic) bond motifs is 4. The maximum absolute atomic E-state index is 14.6. The first-order valence-electron chi connectivity index (χ1n) is 20.8. The number of hydroxylamine groups is 2. The van der Waals surface area contributed by atoms with Gasteiger partial charge in [0.1, 0.15) is 54.2 Å². The van der Waals surface area contributed by atoms with E-state index >= 15 is 0 Å². The average Bonchev–Trinajstić information content (AvgIpc) is 3.77. The van der Waals surface area contributed by atoms with Gasteiger partial charge in [-0.1, -0.05) is 75.9 Å². The highest BCUT2D eigenvalue weighted by molar-refractivity contribution is 5.94. The number of nitrogens with one attached hydrogen (secondary N) is 2. The van der Waals surface area contributed by atoms with Gasteiger partial charge >= 0.3 is 5.97 Å². The van der Waals surface area contributed by atoms with Crippen molar-refractivity contribution < 1.29 is 68.4 Å². The average molecular weight is 820 g/mol. The fraction of sp³-hybridized carbons (Fsp3) is 0.732. The predicted molar refractivity (Wildman–Crippen MR) is 205 cm³/mol. The van der Waals surface area contributed by atoms with Gasteiger partial charge in [-0.25, -0.2) is 0 Å². The summed E-state index contributed by atoms with van der Waals surface area (Å²) in [7, 11) is 0. The molecule has 2 bridgehead atoms. The molecule has 17 heteroatoms. The van der Waals surface area contributed by atoms with Crippen LogP contribution in [0.5, 0.6) is 0 Å². The van der Waals surface area contributed by atoms with Crippen molar-refractivity contribution in [2.24, 2.45) is 5.41 Å². The molecule has 0 aromatic heterocycles. The molecule has 7 N–H and O–H groups in total. The Hall–Kier alpha value is -3.07. The molecule has 6 rings (SSSR count). The lowest BCUT2D eigenvalue weighted by Crippen LogP contribution is -2.69. The number of unbranched alkanes of at least 4 members (excludes halogenated alkanes) is 4. The van der Waals surface area contributed by atoms with E-state index in [2.05, 4.69) is 24.5 Å². The lowest BCUT2D eigenvalue weighted by molar-refractivity contribution is -0.298. The maximum Gasteiger partial charge on any atom is 0.327 e. The van der Waals surface area contributed by atoms with Crippen LogP contribution in [0.25, 0.3) is 6.08 Å². The number of benzene rings is 1. The van der Waals surface area contributed by atoms with Crippen molar-refractivity contribution >= 4 is 23.9 Å². The van der Waals surface area contributed by atoms with E-state index < -0.39 is 90.8 Å². The Morgan fingerprint density at radius 1 is 0.948 bits per heavy atom. The van der Waals surface area contributed by atoms with Crippen molar-refractivity contribution in [3.63, 3.8) is 0 Å². The number of carbonyl (C=O) groups is 3. The van der Waals surface area contributed by atoms with Gasteiger partial charge in [0.25, 0.3) is 0 Å². The number of hydrogen-bond donors (Lipinski definition) is 7. The van der Waals surface area contributed by atoms with E-state index in [1.807, 2.05) is 24.3 Å². The molecule has 58 heavy (non-hydrogen) atoms. The zero-order valence-electron chi connectivity index (χ0n) is 33.4. The molecule has 0 spiro atoms. The Labute approximate surface area is 338 Å². The van der Waals surface area contributed by atoms with Gasteiger partial charge < -0.3 is 59.9 Å². The fourth-order valence-electron chi connectivity index (χ4n) is 8.97. The highest BCUT2D eigenvalue weighted by atomic mass is 16.8. The van der Waals surface area contributed by atoms with E-state index in [0.717, 1.165) is 49.7 Å². The van der Waals surface area contributed by atoms with Gasteiger partial charge in [0.15, 0.2) is 18.1 Å². The number of esters is 1. The first kappa shape index (κ1) is 44.5. The summed E-state index contributed by atoms with van der Waals surface area (Å²) in [6.07, 6.45) is 0.596. The number of carbonyl (C=O) groups excluding carboxylic acids is 3. The van der Waals surface area contributed by atoms with Crippen LogP contribution in [0.4, 0.5) is 0 Å². The summed E-state index contributed by atoms with van der Waals surface area (Å²) in [5, 5.41) is 56.2. The summed E-state index contributed by atoms with van der Waals surface area (Å²) in [5.41, 5.74) is 0.0425. The molecule has 324 valence electrons. The van der Waals surface area contributed by atoms with Crippen molar-refractivity contribution in [2.45, 2.75) is 152 Å². The van der Waals surface area contributed by atoms with Crippen LogP contribution in [0.2, 0.25) is 0 Å². The second kappa shape index (κ2) is 20.0. The third-order valence-electron chi connectivity index (χ3n) is 12.0. The van der Waals surface area contributed by atoms with Crippen LogP contribution in [0.1, 0.15) is 89.2 Å². The summed E-state index contributed by atoms with van der Waals surface area (Å²) < 4.78 is 31.0. The minimum absolute atomic E-state index is 0.000747. The summed E-state index contributed by atoms with van der Waals surface area (Å²) in [6.45, 7) is 3.59. The van der Waals surface area contributed by atoms with E-state index in [-0.39, 0.29) is 51.6 Å². The molecule has 4 saturated heterocycles. The number of hydrogen-bond acceptors (Lipinski definition) is 15. The van der Waals surface area contributed by atoms with Crippen LogP contribution in [0.15, 0.2) is 30.3 Å². The van der Waals surface area contributed by atoms with E-state index in [4.69, 9.17) is 33.6 Å². The molecule has 4 heterocycles. The van der Waals surface area contributed by atoms with Crippen LogP contribution >= 0.6 is 0 Å². The second-order valence-corrected chi connectivity index (χ2v) is 15.9. The fourth-order valence-corrected chi connectivity index (χ4v) is 8.97. The molecule has 11 unspecified atom stereocenters. The smallest absolute Gasteiger partial charge is 0.327 e. The van der Waals surface area contributed by atoms with Crippen molar-refractivity contribution in [1.29, 1.82) is 0 Å². The van der Waals surface area contributed by atoms with Crippen LogP contribution in [-0.2, 0) is 49.5 Å². The molecular weight excluding hydrogens is 758 g/mol. The van der Waals surface area contributed by atoms with Gasteiger partial charge in [-0.2, -0.15) is 5.06 Å². The molecule has 1 saturated carbocycles. The predicted octanol–water partition coefficient (Wildman–Crippen LogP) is 0.572. The number of nitrogens with zero attached hydrogens (tertiary/aromatic N) is 1. The van der Waals surface area contributed by atoms with Crippen LogP contribution in [-0.4, -0.2) is 148 Å². The summed E-state index contributed by atoms with van der Waals surface area (Å²) in [5.74, 6) is -2.33. The van der Waals surface area contributed by atoms with Crippen molar-refractivity contribution in [2.75, 3.05) is 32.9 Å². The topological polar surface area (TPSA) is 235 Å². The minimum atomic E-state index is -1.57. The van der Waals surface area contributed by atoms with Gasteiger partial charge in [-0.05, 0) is 24.0 Å². The van der Waals surface area contributed by atoms with E-state index in [0.29, 0.717) is 12.8 Å². The molecule has 4 aliphatic heterocycles. The first-order valence-corrected chi connectivity index (χ1v) is 20.8. The van der Waals surface area contributed by atoms with E-state index in [1.54, 1.807) is 12.2 Å². The summed E-state index contributed by atoms with van der Waals surface area (Å²) in [6, 6.07) is 6.24. The first-order chi connectivity index (χ1) is 28.0. The highest BCUT2D eigenvalue weighted by Crippen LogP contribution is 2.58. The molecule has 1 aromatic rings. The third kappa shape index (κ3) is 9.29. The third-order valence-corrected chi connectivity index (χ3v) is 12.0. The molecule has 1 aromatic carbocycles. The van der Waals surface area contributed by atoms with Gasteiger partial charge in [0.05, 0.1) is 26.4 Å². The highest BCUT2D eigenvalue weighted by Gasteiger charge is 2.76. The quantitative estimate of drug-likeness (QED) is 0.0664. The Kier molecular flexibility index (Phi) is 15.3. The molecule has 5 fully saturated rings. The monoisotopic (exact) mass is 819 g/mol. The largest absolute Gasteiger partial charge is 0.458 e. The maximum atomic E-state index is 14.6. The van der Waals surface area contributed by atoms with Gasteiger partial charge in [0, 0.05) is 38.8 Å². The number of amides is 2. The van der Waals surface area contributed by atoms with Crippen molar-refractivity contribution in [3.8, 4) is 0 Å². The lowest BCUT2D eigenvalue weighted by atomic mass is 9.62. The lowest BCUT2D eigenvalue weighted by Gasteiger charge is -2.48. The molecule has 1 aliphatic carbocycles. The molecule has 0 radical (unpaired) electrons. The van der Waals surface area contributed by atoms with Gasteiger partial charge in [-0.15, -0.1) is 0 Å². The minimum Gasteiger partial charge on any atom is -0.458 e. The molecule has 2 amide bonds. The standard InChI is InChI=1S/C41H61N3O14/c1-3-5-9-16-40(17-10-6-4-2)56-33-27-22-41(39(52)43-18-15-29(47)42-19-20-45)35(37(51)54-27)44(58-36(41)34(33)57-40)23-26-13-8-7-12-25(26)14-11-21-53-38-32(50)31(49)30(48)28(24-46)55-38/h7-8,11-14,27-28,30-36,38,45-46,48-50H,3-6,9-10,15-24H2,1-2H3,(H,42,47)(H,43,52). The van der Waals surface area contributed by atoms with Crippen molar-refractivity contribution in [1.82, 2.24) is 15.7 Å². The number of aliphatic hydroxyl groups excluding tert-OH is 5. The molecular formula is C41H61N3O14. The number of ether oxygens (including phenoxy) is 5. The van der Waals surface area contributed by atoms with E-state index in [1.165, 1.54) is 5.06 Å². The molecule has 5 aliphatic rings. The molecule has 17 nitrogen and oxygen atoms in total. The van der Waals surface area contributed by atoms with Crippen molar-refractivity contribution in [3.05, 3.63) is 41.5 Å². The zero-order chi connectivity index (χ0) is 41.5. The number of aliphatic hydroxyl groups is 5. The van der Waals surface area contributed by atoms with E-state index in [9.17, 15) is 34.8 Å². The Morgan fingerprint density at radius 3 is 2.38 bits per heavy atom. The summed E-state index contributed by atoms with van der Waals surface area (Å²) >= 11 is 0. The van der Waals surface area contributed by atoms with Crippen LogP contribution in [0, 0.1) is 5.41 Å². The SMILES string of the molecule is CCCCCC1(CCCCC)OC2C3CC4(C(=O)NCCC(=O)NCCO)C(ON(Cc5ccccc5C=CCOC5OC(CO)C(O)C(O)C5O)C4C(=O)O3)C2O1. The normalized spacial score (nSPS) is 33.9. The Bertz CT molecular complexity index is 1570. The Balaban J connectivity index is 1.24. The second-order valence-electron chi connectivity index (χ2n) is 15.9. The van der Waals surface area contributed by atoms with Crippen LogP contribution in [0.3, 0.4) is 0 Å². The summed E-state index contributed by atoms with van der Waals surface area (Å²) in [4.78, 5) is 47.9. The number of rotatable bonds is 21.